The Hall–Kier alpha value is -1.02. The zero-order chi connectivity index (χ0) is 11.3. The predicted octanol–water partition coefficient (Wildman–Crippen LogP) is 2.93. The highest BCUT2D eigenvalue weighted by Gasteiger charge is 2.07. The van der Waals surface area contributed by atoms with Gasteiger partial charge in [0.1, 0.15) is 5.75 Å². The van der Waals surface area contributed by atoms with Crippen LogP contribution in [0.2, 0.25) is 0 Å². The average molecular weight is 207 g/mol. The molecule has 0 spiro atoms. The fraction of sp³-hybridized carbons (Fsp3) is 0.538. The highest BCUT2D eigenvalue weighted by molar-refractivity contribution is 5.39. The summed E-state index contributed by atoms with van der Waals surface area (Å²) in [6.45, 7) is 8.43. The molecule has 0 heterocycles. The van der Waals surface area contributed by atoms with Gasteiger partial charge in [-0.1, -0.05) is 32.9 Å². The van der Waals surface area contributed by atoms with Crippen LogP contribution >= 0.6 is 0 Å². The lowest BCUT2D eigenvalue weighted by Crippen LogP contribution is -2.12. The molecule has 1 N–H and O–H groups in total. The van der Waals surface area contributed by atoms with Gasteiger partial charge in [0.25, 0.3) is 0 Å². The van der Waals surface area contributed by atoms with Crippen LogP contribution in [0.5, 0.6) is 5.75 Å². The second kappa shape index (κ2) is 5.76. The average Bonchev–Trinajstić information content (AvgIpc) is 2.25. The van der Waals surface area contributed by atoms with E-state index < -0.39 is 0 Å². The van der Waals surface area contributed by atoms with E-state index in [-0.39, 0.29) is 0 Å². The van der Waals surface area contributed by atoms with Crippen molar-refractivity contribution in [3.63, 3.8) is 0 Å². The van der Waals surface area contributed by atoms with Gasteiger partial charge in [-0.2, -0.15) is 0 Å². The Kier molecular flexibility index (Phi) is 4.63. The van der Waals surface area contributed by atoms with Crippen molar-refractivity contribution in [1.82, 2.24) is 5.32 Å². The summed E-state index contributed by atoms with van der Waals surface area (Å²) in [5.74, 6) is 1.49. The third kappa shape index (κ3) is 3.24. The molecule has 0 aliphatic carbocycles. The Bertz CT molecular complexity index is 307. The molecule has 1 aromatic rings. The molecule has 0 aliphatic heterocycles. The van der Waals surface area contributed by atoms with Gasteiger partial charge in [-0.05, 0) is 29.7 Å². The number of hydrogen-bond donors (Lipinski definition) is 1. The maximum atomic E-state index is 5.35. The minimum Gasteiger partial charge on any atom is -0.496 e. The SMILES string of the molecule is CCNCc1ccc(OC)c(C(C)C)c1. The van der Waals surface area contributed by atoms with E-state index in [0.29, 0.717) is 5.92 Å². The Morgan fingerprint density at radius 3 is 2.60 bits per heavy atom. The van der Waals surface area contributed by atoms with Crippen molar-refractivity contribution in [3.05, 3.63) is 29.3 Å². The Labute approximate surface area is 92.6 Å². The predicted molar refractivity (Wildman–Crippen MR) is 64.5 cm³/mol. The zero-order valence-electron chi connectivity index (χ0n) is 10.1. The normalized spacial score (nSPS) is 10.7. The van der Waals surface area contributed by atoms with Crippen molar-refractivity contribution in [2.24, 2.45) is 0 Å². The summed E-state index contributed by atoms with van der Waals surface area (Å²) in [5, 5.41) is 3.33. The van der Waals surface area contributed by atoms with Crippen LogP contribution < -0.4 is 10.1 Å². The molecule has 0 saturated heterocycles. The van der Waals surface area contributed by atoms with Crippen LogP contribution in [0.25, 0.3) is 0 Å². The van der Waals surface area contributed by atoms with E-state index in [4.69, 9.17) is 4.74 Å². The number of rotatable bonds is 5. The minimum absolute atomic E-state index is 0.501. The van der Waals surface area contributed by atoms with E-state index in [9.17, 15) is 0 Å². The van der Waals surface area contributed by atoms with Gasteiger partial charge in [0.15, 0.2) is 0 Å². The molecule has 15 heavy (non-hydrogen) atoms. The number of benzene rings is 1. The molecule has 0 aromatic heterocycles. The number of methoxy groups -OCH3 is 1. The minimum atomic E-state index is 0.501. The number of ether oxygens (including phenoxy) is 1. The maximum Gasteiger partial charge on any atom is 0.122 e. The van der Waals surface area contributed by atoms with E-state index in [1.807, 2.05) is 0 Å². The smallest absolute Gasteiger partial charge is 0.122 e. The van der Waals surface area contributed by atoms with Gasteiger partial charge < -0.3 is 10.1 Å². The first kappa shape index (κ1) is 12.1. The van der Waals surface area contributed by atoms with Crippen LogP contribution in [0.3, 0.4) is 0 Å². The largest absolute Gasteiger partial charge is 0.496 e. The van der Waals surface area contributed by atoms with Crippen molar-refractivity contribution < 1.29 is 4.74 Å². The van der Waals surface area contributed by atoms with Crippen molar-refractivity contribution in [3.8, 4) is 5.75 Å². The molecule has 84 valence electrons. The van der Waals surface area contributed by atoms with Gasteiger partial charge in [-0.3, -0.25) is 0 Å². The molecular formula is C13H21NO. The highest BCUT2D eigenvalue weighted by Crippen LogP contribution is 2.27. The summed E-state index contributed by atoms with van der Waals surface area (Å²) < 4.78 is 5.35. The van der Waals surface area contributed by atoms with E-state index in [1.54, 1.807) is 7.11 Å². The first-order valence-electron chi connectivity index (χ1n) is 5.56. The maximum absolute atomic E-state index is 5.35. The number of hydrogen-bond acceptors (Lipinski definition) is 2. The molecule has 0 unspecified atom stereocenters. The van der Waals surface area contributed by atoms with Crippen molar-refractivity contribution in [2.75, 3.05) is 13.7 Å². The van der Waals surface area contributed by atoms with E-state index in [1.165, 1.54) is 11.1 Å². The van der Waals surface area contributed by atoms with Crippen LogP contribution in [0.4, 0.5) is 0 Å². The third-order valence-corrected chi connectivity index (χ3v) is 2.50. The molecule has 0 atom stereocenters. The summed E-state index contributed by atoms with van der Waals surface area (Å²) >= 11 is 0. The molecule has 0 radical (unpaired) electrons. The van der Waals surface area contributed by atoms with E-state index in [2.05, 4.69) is 44.3 Å². The molecule has 2 nitrogen and oxygen atoms in total. The highest BCUT2D eigenvalue weighted by atomic mass is 16.5. The second-order valence-corrected chi connectivity index (χ2v) is 4.01. The molecule has 0 fully saturated rings. The zero-order valence-corrected chi connectivity index (χ0v) is 10.1. The quantitative estimate of drug-likeness (QED) is 0.801. The van der Waals surface area contributed by atoms with Gasteiger partial charge in [-0.15, -0.1) is 0 Å². The van der Waals surface area contributed by atoms with Gasteiger partial charge in [0.2, 0.25) is 0 Å². The summed E-state index contributed by atoms with van der Waals surface area (Å²) in [6, 6.07) is 6.40. The van der Waals surface area contributed by atoms with Gasteiger partial charge >= 0.3 is 0 Å². The molecule has 0 saturated carbocycles. The molecule has 2 heteroatoms. The molecular weight excluding hydrogens is 186 g/mol. The van der Waals surface area contributed by atoms with Gasteiger partial charge in [0.05, 0.1) is 7.11 Å². The van der Waals surface area contributed by atoms with Crippen molar-refractivity contribution in [2.45, 2.75) is 33.2 Å². The first-order chi connectivity index (χ1) is 7.19. The summed E-state index contributed by atoms with van der Waals surface area (Å²) in [7, 11) is 1.73. The van der Waals surface area contributed by atoms with Crippen molar-refractivity contribution >= 4 is 0 Å². The van der Waals surface area contributed by atoms with Crippen LogP contribution in [0, 0.1) is 0 Å². The summed E-state index contributed by atoms with van der Waals surface area (Å²) in [4.78, 5) is 0. The van der Waals surface area contributed by atoms with E-state index in [0.717, 1.165) is 18.8 Å². The van der Waals surface area contributed by atoms with Crippen molar-refractivity contribution in [1.29, 1.82) is 0 Å². The Morgan fingerprint density at radius 1 is 1.33 bits per heavy atom. The Morgan fingerprint density at radius 2 is 2.07 bits per heavy atom. The molecule has 0 aliphatic rings. The second-order valence-electron chi connectivity index (χ2n) is 4.01. The van der Waals surface area contributed by atoms with Gasteiger partial charge in [-0.25, -0.2) is 0 Å². The van der Waals surface area contributed by atoms with E-state index >= 15 is 0 Å². The molecule has 1 aromatic carbocycles. The first-order valence-corrected chi connectivity index (χ1v) is 5.56. The monoisotopic (exact) mass is 207 g/mol. The number of nitrogens with one attached hydrogen (secondary N) is 1. The third-order valence-electron chi connectivity index (χ3n) is 2.50. The fourth-order valence-corrected chi connectivity index (χ4v) is 1.61. The van der Waals surface area contributed by atoms with Crippen LogP contribution in [-0.4, -0.2) is 13.7 Å². The molecule has 1 rings (SSSR count). The molecule has 0 amide bonds. The summed E-state index contributed by atoms with van der Waals surface area (Å²) in [6.07, 6.45) is 0. The Balaban J connectivity index is 2.89. The lowest BCUT2D eigenvalue weighted by Gasteiger charge is -2.13. The van der Waals surface area contributed by atoms with Crippen LogP contribution in [0.15, 0.2) is 18.2 Å². The molecule has 0 bridgehead atoms. The van der Waals surface area contributed by atoms with Crippen LogP contribution in [0.1, 0.15) is 37.8 Å². The lowest BCUT2D eigenvalue weighted by molar-refractivity contribution is 0.407. The standard InChI is InChI=1S/C13H21NO/c1-5-14-9-11-6-7-13(15-4)12(8-11)10(2)3/h6-8,10,14H,5,9H2,1-4H3. The van der Waals surface area contributed by atoms with Crippen LogP contribution in [-0.2, 0) is 6.54 Å². The lowest BCUT2D eigenvalue weighted by atomic mass is 9.99. The fourth-order valence-electron chi connectivity index (χ4n) is 1.61. The van der Waals surface area contributed by atoms with Gasteiger partial charge in [0, 0.05) is 6.54 Å². The summed E-state index contributed by atoms with van der Waals surface area (Å²) in [5.41, 5.74) is 2.61. The topological polar surface area (TPSA) is 21.3 Å².